The predicted molar refractivity (Wildman–Crippen MR) is 217 cm³/mol. The van der Waals surface area contributed by atoms with Crippen molar-refractivity contribution < 1.29 is 21.6 Å². The molecule has 2 aliphatic rings. The molecule has 0 aliphatic carbocycles. The highest BCUT2D eigenvalue weighted by Gasteiger charge is 2.31. The van der Waals surface area contributed by atoms with E-state index in [1.54, 1.807) is 0 Å². The first kappa shape index (κ1) is 41.4. The van der Waals surface area contributed by atoms with Crippen molar-refractivity contribution in [3.05, 3.63) is 147 Å². The monoisotopic (exact) mass is 816 g/mol. The highest BCUT2D eigenvalue weighted by atomic mass is 35.5. The summed E-state index contributed by atoms with van der Waals surface area (Å²) in [4.78, 5) is 4.32. The van der Waals surface area contributed by atoms with Gasteiger partial charge in [-0.05, 0) is 128 Å². The number of sulfonamides is 1. The lowest BCUT2D eigenvalue weighted by molar-refractivity contribution is -0.137. The zero-order chi connectivity index (χ0) is 37.6. The minimum Gasteiger partial charge on any atom is -0.341 e. The van der Waals surface area contributed by atoms with Crippen molar-refractivity contribution in [3.63, 3.8) is 0 Å². The van der Waals surface area contributed by atoms with Crippen LogP contribution >= 0.6 is 35.6 Å². The molecule has 0 saturated carbocycles. The van der Waals surface area contributed by atoms with Crippen LogP contribution in [0.5, 0.6) is 0 Å². The maximum Gasteiger partial charge on any atom is 0.416 e. The number of anilines is 4. The van der Waals surface area contributed by atoms with Crippen molar-refractivity contribution in [2.24, 2.45) is 5.73 Å². The van der Waals surface area contributed by atoms with Gasteiger partial charge < -0.3 is 15.5 Å². The van der Waals surface area contributed by atoms with Gasteiger partial charge in [-0.2, -0.15) is 13.2 Å². The predicted octanol–water partition coefficient (Wildman–Crippen LogP) is 10.3. The summed E-state index contributed by atoms with van der Waals surface area (Å²) in [5, 5.41) is 1.42. The second-order valence-electron chi connectivity index (χ2n) is 13.0. The first-order valence-electron chi connectivity index (χ1n) is 17.6. The van der Waals surface area contributed by atoms with E-state index in [0.29, 0.717) is 24.5 Å². The number of para-hydroxylation sites is 2. The lowest BCUT2D eigenvalue weighted by Crippen LogP contribution is -2.28. The second-order valence-corrected chi connectivity index (χ2v) is 15.7. The third kappa shape index (κ3) is 9.90. The van der Waals surface area contributed by atoms with Crippen molar-refractivity contribution in [1.29, 1.82) is 0 Å². The lowest BCUT2D eigenvalue weighted by Gasteiger charge is -2.27. The maximum absolute atomic E-state index is 12.7. The van der Waals surface area contributed by atoms with E-state index < -0.39 is 21.8 Å². The summed E-state index contributed by atoms with van der Waals surface area (Å²) in [6.07, 6.45) is 0.841. The van der Waals surface area contributed by atoms with Crippen LogP contribution in [-0.4, -0.2) is 34.6 Å². The number of fused-ring (bicyclic) bond motifs is 4. The molecule has 6 nitrogen and oxygen atoms in total. The van der Waals surface area contributed by atoms with Gasteiger partial charge in [-0.15, -0.1) is 12.4 Å². The number of nitrogens with two attached hydrogens (primary N) is 1. The number of nitrogens with one attached hydrogen (secondary N) is 1. The molecule has 286 valence electrons. The van der Waals surface area contributed by atoms with Crippen LogP contribution in [0.1, 0.15) is 40.7 Å². The molecule has 0 fully saturated rings. The van der Waals surface area contributed by atoms with Crippen LogP contribution in [0.15, 0.2) is 114 Å². The molecule has 0 radical (unpaired) electrons. The average molecular weight is 818 g/mol. The number of aryl methyl sites for hydroxylation is 4. The summed E-state index contributed by atoms with van der Waals surface area (Å²) in [6, 6.07) is 32.2. The molecular formula is C41H42Cl3F3N4O2S. The highest BCUT2D eigenvalue weighted by Crippen LogP contribution is 2.39. The van der Waals surface area contributed by atoms with Gasteiger partial charge in [0.15, 0.2) is 0 Å². The number of nitrogens with zero attached hydrogens (tertiary/aromatic N) is 2. The Morgan fingerprint density at radius 1 is 0.630 bits per heavy atom. The van der Waals surface area contributed by atoms with Crippen LogP contribution in [0.2, 0.25) is 10.0 Å². The van der Waals surface area contributed by atoms with Crippen molar-refractivity contribution in [2.45, 2.75) is 49.6 Å². The minimum absolute atomic E-state index is 0. The number of rotatable bonds is 9. The lowest BCUT2D eigenvalue weighted by atomic mass is 10.0. The summed E-state index contributed by atoms with van der Waals surface area (Å²) in [5.41, 5.74) is 14.5. The smallest absolute Gasteiger partial charge is 0.341 e. The molecule has 0 amide bonds. The standard InChI is InChI=1S/C24H22ClF3N2O2S.C17H19ClN2.ClH/c25-20-11-8-18-7-6-17-4-1-2-5-22(17)30(23(18)16-20)15-3-14-29-33(31,32)21-12-9-19(10-13-21)24(26,27)28;18-15-9-8-14-7-6-13-4-1-2-5-16(13)20(11-3-10-19)17(14)12-15;/h1-2,4-5,8-13,16,29H,3,6-7,14-15H2;1-2,4-5,8-9,12H,3,6-7,10-11,19H2;1H. The van der Waals surface area contributed by atoms with Crippen LogP contribution in [0.4, 0.5) is 35.9 Å². The quantitative estimate of drug-likeness (QED) is 0.145. The van der Waals surface area contributed by atoms with Crippen LogP contribution in [0.25, 0.3) is 0 Å². The van der Waals surface area contributed by atoms with Gasteiger partial charge >= 0.3 is 6.18 Å². The zero-order valence-electron chi connectivity index (χ0n) is 29.5. The van der Waals surface area contributed by atoms with E-state index in [9.17, 15) is 21.6 Å². The summed E-state index contributed by atoms with van der Waals surface area (Å²) < 4.78 is 65.7. The molecular weight excluding hydrogens is 776 g/mol. The molecule has 3 N–H and O–H groups in total. The maximum atomic E-state index is 12.7. The Labute approximate surface area is 331 Å². The van der Waals surface area contributed by atoms with Crippen molar-refractivity contribution in [2.75, 3.05) is 36.0 Å². The number of hydrogen-bond donors (Lipinski definition) is 2. The molecule has 0 saturated heterocycles. The average Bonchev–Trinajstić information content (AvgIpc) is 3.40. The van der Waals surface area contributed by atoms with Crippen molar-refractivity contribution >= 4 is 68.4 Å². The fourth-order valence-corrected chi connectivity index (χ4v) is 8.26. The molecule has 0 atom stereocenters. The molecule has 0 spiro atoms. The van der Waals surface area contributed by atoms with Crippen LogP contribution < -0.4 is 20.3 Å². The molecule has 5 aromatic rings. The van der Waals surface area contributed by atoms with Crippen LogP contribution in [0.3, 0.4) is 0 Å². The Hall–Kier alpha value is -3.77. The molecule has 2 aliphatic heterocycles. The SMILES string of the molecule is Cl.NCCCN1c2ccccc2CCc2ccc(Cl)cc21.O=S(=O)(NCCCN1c2ccccc2CCc2ccc(Cl)cc21)c1ccc(C(F)(F)F)cc1. The van der Waals surface area contributed by atoms with Crippen LogP contribution in [-0.2, 0) is 41.9 Å². The molecule has 0 bridgehead atoms. The Morgan fingerprint density at radius 2 is 1.07 bits per heavy atom. The number of halogens is 6. The molecule has 0 aromatic heterocycles. The molecule has 7 rings (SSSR count). The summed E-state index contributed by atoms with van der Waals surface area (Å²) in [6.45, 7) is 2.31. The van der Waals surface area contributed by atoms with E-state index >= 15 is 0 Å². The number of benzene rings is 5. The Balaban J connectivity index is 0.000000228. The van der Waals surface area contributed by atoms with E-state index in [4.69, 9.17) is 28.9 Å². The van der Waals surface area contributed by atoms with Gasteiger partial charge in [-0.3, -0.25) is 0 Å². The first-order chi connectivity index (χ1) is 25.4. The largest absolute Gasteiger partial charge is 0.416 e. The van der Waals surface area contributed by atoms with Gasteiger partial charge in [-0.25, -0.2) is 13.1 Å². The van der Waals surface area contributed by atoms with E-state index in [0.717, 1.165) is 79.3 Å². The molecule has 54 heavy (non-hydrogen) atoms. The van der Waals surface area contributed by atoms with E-state index in [-0.39, 0.29) is 23.8 Å². The first-order valence-corrected chi connectivity index (χ1v) is 19.8. The third-order valence-electron chi connectivity index (χ3n) is 9.50. The van der Waals surface area contributed by atoms with Crippen molar-refractivity contribution in [3.8, 4) is 0 Å². The fourth-order valence-electron chi connectivity index (χ4n) is 6.85. The Kier molecular flexibility index (Phi) is 14.0. The molecule has 0 unspecified atom stereocenters. The fraction of sp³-hybridized carbons (Fsp3) is 0.268. The van der Waals surface area contributed by atoms with Crippen LogP contribution in [0, 0.1) is 0 Å². The number of hydrogen-bond acceptors (Lipinski definition) is 5. The van der Waals surface area contributed by atoms with E-state index in [1.165, 1.54) is 33.6 Å². The van der Waals surface area contributed by atoms with Gasteiger partial charge in [0, 0.05) is 52.4 Å². The summed E-state index contributed by atoms with van der Waals surface area (Å²) >= 11 is 12.5. The van der Waals surface area contributed by atoms with Gasteiger partial charge in [-0.1, -0.05) is 71.7 Å². The summed E-state index contributed by atoms with van der Waals surface area (Å²) in [7, 11) is -3.92. The Morgan fingerprint density at radius 3 is 1.54 bits per heavy atom. The topological polar surface area (TPSA) is 78.7 Å². The highest BCUT2D eigenvalue weighted by molar-refractivity contribution is 7.89. The zero-order valence-corrected chi connectivity index (χ0v) is 32.6. The van der Waals surface area contributed by atoms with E-state index in [2.05, 4.69) is 57.0 Å². The van der Waals surface area contributed by atoms with Gasteiger partial charge in [0.1, 0.15) is 0 Å². The number of alkyl halides is 3. The van der Waals surface area contributed by atoms with E-state index in [1.807, 2.05) is 42.5 Å². The molecule has 13 heteroatoms. The molecule has 2 heterocycles. The third-order valence-corrected chi connectivity index (χ3v) is 11.4. The minimum atomic E-state index is -4.52. The Bertz CT molecular complexity index is 2150. The van der Waals surface area contributed by atoms with Crippen molar-refractivity contribution in [1.82, 2.24) is 4.72 Å². The second kappa shape index (κ2) is 18.2. The van der Waals surface area contributed by atoms with Gasteiger partial charge in [0.05, 0.1) is 10.5 Å². The summed E-state index contributed by atoms with van der Waals surface area (Å²) in [5.74, 6) is 0. The normalized spacial score (nSPS) is 13.5. The van der Waals surface area contributed by atoms with Gasteiger partial charge in [0.25, 0.3) is 0 Å². The molecule has 5 aromatic carbocycles. The van der Waals surface area contributed by atoms with Gasteiger partial charge in [0.2, 0.25) is 10.0 Å².